The summed E-state index contributed by atoms with van der Waals surface area (Å²) in [6.07, 6.45) is 10.1. The Labute approximate surface area is 170 Å². The number of carbonyl (C=O) groups is 1. The number of carbonyl (C=O) groups excluding carboxylic acids is 1. The molecule has 1 amide bonds. The topological polar surface area (TPSA) is 62.5 Å². The Morgan fingerprint density at radius 2 is 1.86 bits per heavy atom. The van der Waals surface area contributed by atoms with Crippen LogP contribution >= 0.6 is 0 Å². The Morgan fingerprint density at radius 3 is 2.62 bits per heavy atom. The van der Waals surface area contributed by atoms with Gasteiger partial charge in [0.1, 0.15) is 11.3 Å². The first kappa shape index (κ1) is 19.2. The molecule has 29 heavy (non-hydrogen) atoms. The van der Waals surface area contributed by atoms with Crippen LogP contribution < -0.4 is 4.90 Å². The third-order valence-corrected chi connectivity index (χ3v) is 5.29. The maximum absolute atomic E-state index is 12.8. The van der Waals surface area contributed by atoms with Gasteiger partial charge in [-0.1, -0.05) is 31.5 Å². The van der Waals surface area contributed by atoms with E-state index in [1.807, 2.05) is 35.2 Å². The van der Waals surface area contributed by atoms with Gasteiger partial charge in [0.25, 0.3) is 0 Å². The van der Waals surface area contributed by atoms with E-state index in [-0.39, 0.29) is 5.91 Å². The second kappa shape index (κ2) is 8.90. The van der Waals surface area contributed by atoms with Gasteiger partial charge in [0.2, 0.25) is 11.9 Å². The van der Waals surface area contributed by atoms with Crippen molar-refractivity contribution >= 4 is 28.9 Å². The standard InChI is InChI=1S/C23H26N4O2/c1-2-3-8-20-19(18-7-4-5-9-21(18)29-20)10-11-22(28)26-14-16-27(17-15-26)23-24-12-6-13-25-23/h4-7,9-13H,2-3,8,14-17H2,1H3/b11-10+. The highest BCUT2D eigenvalue weighted by Gasteiger charge is 2.21. The summed E-state index contributed by atoms with van der Waals surface area (Å²) in [5.41, 5.74) is 1.90. The van der Waals surface area contributed by atoms with Gasteiger partial charge in [-0.25, -0.2) is 9.97 Å². The average molecular weight is 390 g/mol. The number of amides is 1. The number of nitrogens with zero attached hydrogens (tertiary/aromatic N) is 4. The summed E-state index contributed by atoms with van der Waals surface area (Å²) in [6, 6.07) is 9.82. The number of para-hydroxylation sites is 1. The number of hydrogen-bond acceptors (Lipinski definition) is 5. The molecule has 0 unspecified atom stereocenters. The van der Waals surface area contributed by atoms with E-state index in [4.69, 9.17) is 4.42 Å². The van der Waals surface area contributed by atoms with Gasteiger partial charge in [-0.3, -0.25) is 4.79 Å². The van der Waals surface area contributed by atoms with Crippen molar-refractivity contribution in [3.05, 3.63) is 60.1 Å². The lowest BCUT2D eigenvalue weighted by Crippen LogP contribution is -2.48. The largest absolute Gasteiger partial charge is 0.460 e. The van der Waals surface area contributed by atoms with Crippen LogP contribution in [0.1, 0.15) is 31.1 Å². The van der Waals surface area contributed by atoms with Crippen molar-refractivity contribution in [2.75, 3.05) is 31.1 Å². The van der Waals surface area contributed by atoms with E-state index in [0.717, 1.165) is 60.6 Å². The van der Waals surface area contributed by atoms with Crippen LogP contribution in [0.5, 0.6) is 0 Å². The maximum atomic E-state index is 12.8. The summed E-state index contributed by atoms with van der Waals surface area (Å²) in [4.78, 5) is 25.3. The Morgan fingerprint density at radius 1 is 1.10 bits per heavy atom. The fourth-order valence-electron chi connectivity index (χ4n) is 3.66. The molecule has 0 atom stereocenters. The minimum absolute atomic E-state index is 0.0327. The van der Waals surface area contributed by atoms with Gasteiger partial charge in [0.05, 0.1) is 0 Å². The quantitative estimate of drug-likeness (QED) is 0.597. The monoisotopic (exact) mass is 390 g/mol. The number of piperazine rings is 1. The fraction of sp³-hybridized carbons (Fsp3) is 0.348. The maximum Gasteiger partial charge on any atom is 0.246 e. The molecule has 4 rings (SSSR count). The molecule has 1 fully saturated rings. The normalized spacial score (nSPS) is 14.8. The minimum atomic E-state index is 0.0327. The molecular weight excluding hydrogens is 364 g/mol. The van der Waals surface area contributed by atoms with E-state index >= 15 is 0 Å². The molecule has 0 radical (unpaired) electrons. The lowest BCUT2D eigenvalue weighted by molar-refractivity contribution is -0.126. The van der Waals surface area contributed by atoms with Crippen LogP contribution in [0.25, 0.3) is 17.0 Å². The molecule has 2 aromatic heterocycles. The third-order valence-electron chi connectivity index (χ3n) is 5.29. The first-order valence-corrected chi connectivity index (χ1v) is 10.3. The highest BCUT2D eigenvalue weighted by atomic mass is 16.3. The van der Waals surface area contributed by atoms with Crippen molar-refractivity contribution in [3.63, 3.8) is 0 Å². The molecule has 3 heterocycles. The lowest BCUT2D eigenvalue weighted by atomic mass is 10.1. The Bertz CT molecular complexity index is 989. The Balaban J connectivity index is 1.45. The molecule has 0 aliphatic carbocycles. The predicted molar refractivity (Wildman–Crippen MR) is 115 cm³/mol. The highest BCUT2D eigenvalue weighted by Crippen LogP contribution is 2.28. The van der Waals surface area contributed by atoms with Gasteiger partial charge in [0, 0.05) is 62.0 Å². The number of hydrogen-bond donors (Lipinski definition) is 0. The number of fused-ring (bicyclic) bond motifs is 1. The molecule has 1 aromatic carbocycles. The van der Waals surface area contributed by atoms with Gasteiger partial charge < -0.3 is 14.2 Å². The summed E-state index contributed by atoms with van der Waals surface area (Å²) >= 11 is 0. The number of aromatic nitrogens is 2. The SMILES string of the molecule is CCCCc1oc2ccccc2c1/C=C/C(=O)N1CCN(c2ncccn2)CC1. The van der Waals surface area contributed by atoms with Gasteiger partial charge >= 0.3 is 0 Å². The van der Waals surface area contributed by atoms with E-state index < -0.39 is 0 Å². The van der Waals surface area contributed by atoms with Gasteiger partial charge in [-0.15, -0.1) is 0 Å². The molecule has 6 heteroatoms. The van der Waals surface area contributed by atoms with Crippen molar-refractivity contribution in [2.45, 2.75) is 26.2 Å². The second-order valence-corrected chi connectivity index (χ2v) is 7.23. The lowest BCUT2D eigenvalue weighted by Gasteiger charge is -2.34. The van der Waals surface area contributed by atoms with E-state index in [1.165, 1.54) is 0 Å². The molecule has 0 bridgehead atoms. The fourth-order valence-corrected chi connectivity index (χ4v) is 3.66. The molecule has 1 saturated heterocycles. The summed E-state index contributed by atoms with van der Waals surface area (Å²) in [5.74, 6) is 1.72. The van der Waals surface area contributed by atoms with Gasteiger partial charge in [-0.2, -0.15) is 0 Å². The van der Waals surface area contributed by atoms with E-state index in [2.05, 4.69) is 27.9 Å². The number of rotatable bonds is 6. The number of benzene rings is 1. The molecular formula is C23H26N4O2. The zero-order valence-corrected chi connectivity index (χ0v) is 16.8. The molecule has 0 spiro atoms. The van der Waals surface area contributed by atoms with Crippen LogP contribution in [0.15, 0.2) is 53.2 Å². The van der Waals surface area contributed by atoms with Crippen LogP contribution in [0, 0.1) is 0 Å². The average Bonchev–Trinajstić information content (AvgIpc) is 3.14. The number of furan rings is 1. The Kier molecular flexibility index (Phi) is 5.89. The summed E-state index contributed by atoms with van der Waals surface area (Å²) in [7, 11) is 0. The molecule has 1 aliphatic heterocycles. The van der Waals surface area contributed by atoms with Crippen molar-refractivity contribution in [3.8, 4) is 0 Å². The summed E-state index contributed by atoms with van der Waals surface area (Å²) in [5, 5.41) is 1.06. The Hall–Kier alpha value is -3.15. The number of unbranched alkanes of at least 4 members (excludes halogenated alkanes) is 1. The second-order valence-electron chi connectivity index (χ2n) is 7.23. The first-order valence-electron chi connectivity index (χ1n) is 10.3. The molecule has 150 valence electrons. The number of aryl methyl sites for hydroxylation is 1. The molecule has 6 nitrogen and oxygen atoms in total. The van der Waals surface area contributed by atoms with Crippen molar-refractivity contribution in [1.82, 2.24) is 14.9 Å². The molecule has 0 saturated carbocycles. The van der Waals surface area contributed by atoms with E-state index in [1.54, 1.807) is 18.5 Å². The predicted octanol–water partition coefficient (Wildman–Crippen LogP) is 3.93. The highest BCUT2D eigenvalue weighted by molar-refractivity contribution is 5.96. The molecule has 1 aliphatic rings. The van der Waals surface area contributed by atoms with E-state index in [9.17, 15) is 4.79 Å². The zero-order chi connectivity index (χ0) is 20.1. The van der Waals surface area contributed by atoms with Crippen LogP contribution in [0.2, 0.25) is 0 Å². The van der Waals surface area contributed by atoms with Crippen molar-refractivity contribution in [1.29, 1.82) is 0 Å². The first-order chi connectivity index (χ1) is 14.3. The number of anilines is 1. The van der Waals surface area contributed by atoms with Gasteiger partial charge in [0.15, 0.2) is 0 Å². The molecule has 0 N–H and O–H groups in total. The van der Waals surface area contributed by atoms with Crippen molar-refractivity contribution < 1.29 is 9.21 Å². The van der Waals surface area contributed by atoms with Crippen LogP contribution in [-0.2, 0) is 11.2 Å². The van der Waals surface area contributed by atoms with Crippen LogP contribution in [-0.4, -0.2) is 47.0 Å². The van der Waals surface area contributed by atoms with Crippen molar-refractivity contribution in [2.24, 2.45) is 0 Å². The molecule has 3 aromatic rings. The van der Waals surface area contributed by atoms with Crippen LogP contribution in [0.3, 0.4) is 0 Å². The summed E-state index contributed by atoms with van der Waals surface area (Å²) in [6.45, 7) is 4.97. The third kappa shape index (κ3) is 4.31. The smallest absolute Gasteiger partial charge is 0.246 e. The van der Waals surface area contributed by atoms with Gasteiger partial charge in [-0.05, 0) is 24.6 Å². The minimum Gasteiger partial charge on any atom is -0.460 e. The zero-order valence-electron chi connectivity index (χ0n) is 16.8. The van der Waals surface area contributed by atoms with E-state index in [0.29, 0.717) is 13.1 Å². The summed E-state index contributed by atoms with van der Waals surface area (Å²) < 4.78 is 6.05. The van der Waals surface area contributed by atoms with Crippen LogP contribution in [0.4, 0.5) is 5.95 Å².